The van der Waals surface area contributed by atoms with Gasteiger partial charge in [0.05, 0.1) is 18.2 Å². The van der Waals surface area contributed by atoms with Crippen LogP contribution < -0.4 is 5.32 Å². The minimum atomic E-state index is -0.00122. The van der Waals surface area contributed by atoms with Crippen molar-refractivity contribution in [3.63, 3.8) is 0 Å². The third kappa shape index (κ3) is 3.86. The quantitative estimate of drug-likeness (QED) is 0.736. The van der Waals surface area contributed by atoms with Crippen molar-refractivity contribution in [3.8, 4) is 10.6 Å². The van der Waals surface area contributed by atoms with Crippen molar-refractivity contribution in [2.24, 2.45) is 0 Å². The normalized spacial score (nSPS) is 12.1. The highest BCUT2D eigenvalue weighted by Gasteiger charge is 2.13. The fourth-order valence-electron chi connectivity index (χ4n) is 2.51. The van der Waals surface area contributed by atoms with Crippen LogP contribution in [-0.2, 0) is 11.2 Å². The lowest BCUT2D eigenvalue weighted by Gasteiger charge is -2.16. The van der Waals surface area contributed by atoms with Gasteiger partial charge in [-0.05, 0) is 36.4 Å². The molecule has 0 aliphatic carbocycles. The maximum absolute atomic E-state index is 12.3. The predicted molar refractivity (Wildman–Crippen MR) is 96.9 cm³/mol. The summed E-state index contributed by atoms with van der Waals surface area (Å²) in [6, 6.07) is 10.2. The second-order valence-electron chi connectivity index (χ2n) is 5.48. The number of benzene rings is 1. The highest BCUT2D eigenvalue weighted by atomic mass is 32.1. The van der Waals surface area contributed by atoms with Crippen LogP contribution in [-0.4, -0.2) is 10.9 Å². The summed E-state index contributed by atoms with van der Waals surface area (Å²) in [4.78, 5) is 16.8. The number of carbonyl (C=O) groups is 1. The molecule has 2 heterocycles. The average Bonchev–Trinajstić information content (AvgIpc) is 3.18. The lowest BCUT2D eigenvalue weighted by Crippen LogP contribution is -2.28. The minimum Gasteiger partial charge on any atom is -0.349 e. The van der Waals surface area contributed by atoms with E-state index in [9.17, 15) is 4.79 Å². The van der Waals surface area contributed by atoms with Crippen molar-refractivity contribution < 1.29 is 4.79 Å². The van der Waals surface area contributed by atoms with E-state index in [-0.39, 0.29) is 11.9 Å². The Morgan fingerprint density at radius 3 is 2.83 bits per heavy atom. The number of aryl methyl sites for hydroxylation is 1. The molecule has 0 bridgehead atoms. The molecule has 3 rings (SSSR count). The van der Waals surface area contributed by atoms with Crippen molar-refractivity contribution in [1.82, 2.24) is 10.3 Å². The second kappa shape index (κ2) is 7.06. The summed E-state index contributed by atoms with van der Waals surface area (Å²) < 4.78 is 0. The molecule has 3 aromatic rings. The molecular formula is C18H18N2OS2. The van der Waals surface area contributed by atoms with Gasteiger partial charge >= 0.3 is 0 Å². The molecule has 1 atom stereocenters. The van der Waals surface area contributed by atoms with Gasteiger partial charge in [-0.15, -0.1) is 11.3 Å². The van der Waals surface area contributed by atoms with Crippen LogP contribution in [0.2, 0.25) is 0 Å². The summed E-state index contributed by atoms with van der Waals surface area (Å²) in [5.74, 6) is 0.00271. The van der Waals surface area contributed by atoms with Crippen molar-refractivity contribution in [2.45, 2.75) is 26.3 Å². The van der Waals surface area contributed by atoms with E-state index < -0.39 is 0 Å². The van der Waals surface area contributed by atoms with E-state index in [1.54, 1.807) is 22.7 Å². The zero-order valence-corrected chi connectivity index (χ0v) is 14.7. The Hall–Kier alpha value is -1.98. The number of hydrogen-bond donors (Lipinski definition) is 1. The van der Waals surface area contributed by atoms with Gasteiger partial charge in [-0.25, -0.2) is 4.98 Å². The Morgan fingerprint density at radius 1 is 1.26 bits per heavy atom. The van der Waals surface area contributed by atoms with Gasteiger partial charge in [-0.2, -0.15) is 11.3 Å². The fourth-order valence-corrected chi connectivity index (χ4v) is 4.05. The molecule has 0 aliphatic rings. The number of thiophene rings is 1. The van der Waals surface area contributed by atoms with Gasteiger partial charge in [0.25, 0.3) is 0 Å². The molecule has 0 fully saturated rings. The van der Waals surface area contributed by atoms with Crippen molar-refractivity contribution >= 4 is 28.6 Å². The van der Waals surface area contributed by atoms with E-state index in [0.29, 0.717) is 6.42 Å². The second-order valence-corrected chi connectivity index (χ2v) is 7.12. The molecule has 0 saturated heterocycles. The van der Waals surface area contributed by atoms with Gasteiger partial charge in [0.15, 0.2) is 0 Å². The topological polar surface area (TPSA) is 42.0 Å². The van der Waals surface area contributed by atoms with Gasteiger partial charge in [0.1, 0.15) is 5.01 Å². The summed E-state index contributed by atoms with van der Waals surface area (Å²) in [6.45, 7) is 4.07. The van der Waals surface area contributed by atoms with Crippen LogP contribution in [0.3, 0.4) is 0 Å². The predicted octanol–water partition coefficient (Wildman–Crippen LogP) is 4.60. The molecule has 1 unspecified atom stereocenters. The Morgan fingerprint density at radius 2 is 2.09 bits per heavy atom. The summed E-state index contributed by atoms with van der Waals surface area (Å²) in [7, 11) is 0. The van der Waals surface area contributed by atoms with Crippen LogP contribution in [0, 0.1) is 6.92 Å². The number of amides is 1. The summed E-state index contributed by atoms with van der Waals surface area (Å²) in [5, 5.41) is 10.1. The number of hydrogen-bond acceptors (Lipinski definition) is 4. The van der Waals surface area contributed by atoms with E-state index >= 15 is 0 Å². The van der Waals surface area contributed by atoms with Crippen LogP contribution in [0.15, 0.2) is 46.5 Å². The maximum Gasteiger partial charge on any atom is 0.226 e. The first-order chi connectivity index (χ1) is 11.1. The Balaban J connectivity index is 1.62. The number of rotatable bonds is 5. The van der Waals surface area contributed by atoms with E-state index in [4.69, 9.17) is 0 Å². The molecule has 23 heavy (non-hydrogen) atoms. The molecule has 118 valence electrons. The maximum atomic E-state index is 12.3. The third-order valence-corrected chi connectivity index (χ3v) is 5.32. The number of nitrogens with zero attached hydrogens (tertiary/aromatic N) is 1. The minimum absolute atomic E-state index is 0.00122. The van der Waals surface area contributed by atoms with Gasteiger partial charge in [0.2, 0.25) is 5.91 Å². The highest BCUT2D eigenvalue weighted by Crippen LogP contribution is 2.26. The average molecular weight is 342 g/mol. The van der Waals surface area contributed by atoms with Gasteiger partial charge in [-0.3, -0.25) is 4.79 Å². The fraction of sp³-hybridized carbons (Fsp3) is 0.222. The lowest BCUT2D eigenvalue weighted by atomic mass is 10.0. The molecule has 1 amide bonds. The first kappa shape index (κ1) is 15.9. The molecular weight excluding hydrogens is 324 g/mol. The van der Waals surface area contributed by atoms with Gasteiger partial charge < -0.3 is 5.32 Å². The molecule has 5 heteroatoms. The monoisotopic (exact) mass is 342 g/mol. The third-order valence-electron chi connectivity index (χ3n) is 3.69. The first-order valence-corrected chi connectivity index (χ1v) is 9.27. The van der Waals surface area contributed by atoms with Crippen LogP contribution in [0.25, 0.3) is 10.6 Å². The molecule has 2 aromatic heterocycles. The van der Waals surface area contributed by atoms with E-state index in [0.717, 1.165) is 21.8 Å². The van der Waals surface area contributed by atoms with Crippen molar-refractivity contribution in [1.29, 1.82) is 0 Å². The SMILES string of the molecule is Cc1ccccc1C(C)NC(=O)Cc1csc(-c2ccsc2)n1. The van der Waals surface area contributed by atoms with Crippen molar-refractivity contribution in [3.05, 3.63) is 63.3 Å². The van der Waals surface area contributed by atoms with Crippen LogP contribution >= 0.6 is 22.7 Å². The summed E-state index contributed by atoms with van der Waals surface area (Å²) in [5.41, 5.74) is 4.29. The number of aromatic nitrogens is 1. The van der Waals surface area contributed by atoms with Crippen LogP contribution in [0.4, 0.5) is 0 Å². The molecule has 0 spiro atoms. The number of thiazole rings is 1. The van der Waals surface area contributed by atoms with Gasteiger partial charge in [0, 0.05) is 16.3 Å². The Bertz CT molecular complexity index is 793. The van der Waals surface area contributed by atoms with Crippen LogP contribution in [0.1, 0.15) is 29.8 Å². The standard InChI is InChI=1S/C18H18N2OS2/c1-12-5-3-4-6-16(12)13(2)19-17(21)9-15-11-23-18(20-15)14-7-8-22-10-14/h3-8,10-11,13H,9H2,1-2H3,(H,19,21). The van der Waals surface area contributed by atoms with Crippen LogP contribution in [0.5, 0.6) is 0 Å². The Labute approximate surface area is 144 Å². The molecule has 1 aromatic carbocycles. The summed E-state index contributed by atoms with van der Waals surface area (Å²) >= 11 is 3.23. The van der Waals surface area contributed by atoms with E-state index in [1.165, 1.54) is 5.56 Å². The smallest absolute Gasteiger partial charge is 0.226 e. The van der Waals surface area contributed by atoms with Crippen molar-refractivity contribution in [2.75, 3.05) is 0 Å². The number of carbonyl (C=O) groups excluding carboxylic acids is 1. The molecule has 3 nitrogen and oxygen atoms in total. The number of nitrogens with one attached hydrogen (secondary N) is 1. The lowest BCUT2D eigenvalue weighted by molar-refractivity contribution is -0.121. The zero-order valence-electron chi connectivity index (χ0n) is 13.1. The van der Waals surface area contributed by atoms with Gasteiger partial charge in [-0.1, -0.05) is 24.3 Å². The highest BCUT2D eigenvalue weighted by molar-refractivity contribution is 7.14. The molecule has 0 aliphatic heterocycles. The van der Waals surface area contributed by atoms with E-state index in [2.05, 4.69) is 34.7 Å². The zero-order chi connectivity index (χ0) is 16.2. The molecule has 0 radical (unpaired) electrons. The molecule has 0 saturated carbocycles. The Kier molecular flexibility index (Phi) is 4.88. The summed E-state index contributed by atoms with van der Waals surface area (Å²) in [6.07, 6.45) is 0.316. The molecule has 1 N–H and O–H groups in total. The first-order valence-electron chi connectivity index (χ1n) is 7.45. The largest absolute Gasteiger partial charge is 0.349 e. The van der Waals surface area contributed by atoms with E-state index in [1.807, 2.05) is 35.9 Å².